The number of benzene rings is 3. The van der Waals surface area contributed by atoms with Crippen molar-refractivity contribution >= 4 is 23.1 Å². The summed E-state index contributed by atoms with van der Waals surface area (Å²) in [6.45, 7) is 0. The van der Waals surface area contributed by atoms with Crippen molar-refractivity contribution in [3.63, 3.8) is 0 Å². The van der Waals surface area contributed by atoms with E-state index >= 15 is 0 Å². The Hall–Kier alpha value is -4.31. The molecule has 1 fully saturated rings. The average Bonchev–Trinajstić information content (AvgIpc) is 3.05. The van der Waals surface area contributed by atoms with Gasteiger partial charge in [0.1, 0.15) is 17.4 Å². The molecule has 1 heterocycles. The maximum Gasteiger partial charge on any atom is 0.300 e. The van der Waals surface area contributed by atoms with Gasteiger partial charge in [0.2, 0.25) is 0 Å². The Balaban J connectivity index is 1.92. The molecule has 1 saturated heterocycles. The molecule has 5 nitrogen and oxygen atoms in total. The van der Waals surface area contributed by atoms with Crippen LogP contribution < -0.4 is 4.90 Å². The van der Waals surface area contributed by atoms with Gasteiger partial charge in [0.25, 0.3) is 11.7 Å². The van der Waals surface area contributed by atoms with Crippen LogP contribution in [0.3, 0.4) is 0 Å². The number of aliphatic hydroxyl groups excluding tert-OH is 1. The third kappa shape index (κ3) is 3.55. The monoisotopic (exact) mass is 416 g/mol. The zero-order valence-electron chi connectivity index (χ0n) is 15.9. The summed E-state index contributed by atoms with van der Waals surface area (Å²) in [6, 6.07) is 17.0. The highest BCUT2D eigenvalue weighted by molar-refractivity contribution is 6.51. The van der Waals surface area contributed by atoms with Gasteiger partial charge in [-0.05, 0) is 66.2 Å². The molecule has 152 valence electrons. The number of hydrogen-bond donors (Lipinski definition) is 1. The van der Waals surface area contributed by atoms with Gasteiger partial charge >= 0.3 is 0 Å². The lowest BCUT2D eigenvalue weighted by Crippen LogP contribution is -2.29. The first-order valence-electron chi connectivity index (χ1n) is 9.23. The average molecular weight is 416 g/mol. The van der Waals surface area contributed by atoms with Crippen molar-refractivity contribution in [3.05, 3.63) is 107 Å². The van der Waals surface area contributed by atoms with Crippen molar-refractivity contribution in [3.8, 4) is 6.07 Å². The minimum Gasteiger partial charge on any atom is -0.507 e. The fourth-order valence-corrected chi connectivity index (χ4v) is 3.52. The SMILES string of the molecule is N#Cc1ccc(N2C(=O)C(=O)/C(=C(/O)c3ccc(F)cc3)C2c2ccc(F)cc2)cc1. The van der Waals surface area contributed by atoms with E-state index in [-0.39, 0.29) is 11.1 Å². The molecule has 1 N–H and O–H groups in total. The Morgan fingerprint density at radius 2 is 1.42 bits per heavy atom. The molecule has 0 radical (unpaired) electrons. The van der Waals surface area contributed by atoms with E-state index in [1.165, 1.54) is 65.6 Å². The minimum atomic E-state index is -1.04. The van der Waals surface area contributed by atoms with Crippen molar-refractivity contribution in [1.29, 1.82) is 5.26 Å². The standard InChI is InChI=1S/C24H14F2N2O3/c25-17-7-3-15(4-8-17)21-20(22(29)16-5-9-18(26)10-6-16)23(30)24(31)28(21)19-11-1-14(13-27)2-12-19/h1-12,21,29H/b22-20+. The molecule has 1 atom stereocenters. The first kappa shape index (κ1) is 20.0. The van der Waals surface area contributed by atoms with Crippen LogP contribution in [0.4, 0.5) is 14.5 Å². The van der Waals surface area contributed by atoms with Crippen LogP contribution in [0.1, 0.15) is 22.7 Å². The van der Waals surface area contributed by atoms with Crippen LogP contribution in [0.15, 0.2) is 78.4 Å². The third-order valence-electron chi connectivity index (χ3n) is 5.02. The van der Waals surface area contributed by atoms with Crippen molar-refractivity contribution in [2.24, 2.45) is 0 Å². The predicted molar refractivity (Wildman–Crippen MR) is 109 cm³/mol. The number of nitriles is 1. The summed E-state index contributed by atoms with van der Waals surface area (Å²) in [6.07, 6.45) is 0. The fourth-order valence-electron chi connectivity index (χ4n) is 3.52. The van der Waals surface area contributed by atoms with Crippen molar-refractivity contribution in [2.75, 3.05) is 4.90 Å². The zero-order chi connectivity index (χ0) is 22.1. The summed E-state index contributed by atoms with van der Waals surface area (Å²) >= 11 is 0. The number of halogens is 2. The summed E-state index contributed by atoms with van der Waals surface area (Å²) in [5, 5.41) is 19.9. The van der Waals surface area contributed by atoms with Crippen LogP contribution in [0, 0.1) is 23.0 Å². The molecule has 1 unspecified atom stereocenters. The molecule has 3 aromatic carbocycles. The highest BCUT2D eigenvalue weighted by atomic mass is 19.1. The molecule has 1 aliphatic rings. The molecule has 0 aliphatic carbocycles. The first-order valence-corrected chi connectivity index (χ1v) is 9.23. The Bertz CT molecular complexity index is 1240. The van der Waals surface area contributed by atoms with Crippen LogP contribution in [0.5, 0.6) is 0 Å². The van der Waals surface area contributed by atoms with Crippen LogP contribution >= 0.6 is 0 Å². The van der Waals surface area contributed by atoms with Gasteiger partial charge in [-0.2, -0.15) is 5.26 Å². The van der Waals surface area contributed by atoms with E-state index in [0.29, 0.717) is 16.8 Å². The maximum absolute atomic E-state index is 13.5. The van der Waals surface area contributed by atoms with E-state index in [1.54, 1.807) is 0 Å². The number of carbonyl (C=O) groups is 2. The van der Waals surface area contributed by atoms with Gasteiger partial charge in [-0.3, -0.25) is 14.5 Å². The number of Topliss-reactive ketones (excluding diaryl/α,β-unsaturated/α-hetero) is 1. The second-order valence-corrected chi connectivity index (χ2v) is 6.89. The van der Waals surface area contributed by atoms with Gasteiger partial charge in [0, 0.05) is 11.3 Å². The molecular formula is C24H14F2N2O3. The molecule has 0 aromatic heterocycles. The minimum absolute atomic E-state index is 0.159. The maximum atomic E-state index is 13.5. The summed E-state index contributed by atoms with van der Waals surface area (Å²) < 4.78 is 26.8. The van der Waals surface area contributed by atoms with Gasteiger partial charge in [-0.15, -0.1) is 0 Å². The van der Waals surface area contributed by atoms with Crippen molar-refractivity contribution < 1.29 is 23.5 Å². The Kier molecular flexibility index (Phi) is 5.05. The quantitative estimate of drug-likeness (QED) is 0.388. The summed E-state index contributed by atoms with van der Waals surface area (Å²) in [4.78, 5) is 27.1. The lowest BCUT2D eigenvalue weighted by molar-refractivity contribution is -0.132. The number of amides is 1. The zero-order valence-corrected chi connectivity index (χ0v) is 15.9. The number of nitrogens with zero attached hydrogens (tertiary/aromatic N) is 2. The van der Waals surface area contributed by atoms with Crippen LogP contribution in [-0.4, -0.2) is 16.8 Å². The Labute approximate surface area is 176 Å². The number of rotatable bonds is 3. The number of hydrogen-bond acceptors (Lipinski definition) is 4. The summed E-state index contributed by atoms with van der Waals surface area (Å²) in [5.74, 6) is -3.31. The van der Waals surface area contributed by atoms with E-state index < -0.39 is 35.1 Å². The lowest BCUT2D eigenvalue weighted by Gasteiger charge is -2.25. The molecular weight excluding hydrogens is 402 g/mol. The van der Waals surface area contributed by atoms with Crippen molar-refractivity contribution in [1.82, 2.24) is 0 Å². The molecule has 0 bridgehead atoms. The van der Waals surface area contributed by atoms with E-state index in [4.69, 9.17) is 5.26 Å². The molecule has 0 saturated carbocycles. The van der Waals surface area contributed by atoms with Gasteiger partial charge in [-0.1, -0.05) is 12.1 Å². The highest BCUT2D eigenvalue weighted by Crippen LogP contribution is 2.42. The Morgan fingerprint density at radius 1 is 0.871 bits per heavy atom. The molecule has 4 rings (SSSR count). The third-order valence-corrected chi connectivity index (χ3v) is 5.02. The number of carbonyl (C=O) groups excluding carboxylic acids is 2. The number of ketones is 1. The van der Waals surface area contributed by atoms with E-state index in [1.807, 2.05) is 6.07 Å². The predicted octanol–water partition coefficient (Wildman–Crippen LogP) is 4.46. The molecule has 7 heteroatoms. The van der Waals surface area contributed by atoms with Gasteiger partial charge < -0.3 is 5.11 Å². The van der Waals surface area contributed by atoms with Crippen molar-refractivity contribution in [2.45, 2.75) is 6.04 Å². The number of anilines is 1. The van der Waals surface area contributed by atoms with Crippen LogP contribution in [0.25, 0.3) is 5.76 Å². The van der Waals surface area contributed by atoms with Crippen LogP contribution in [0.2, 0.25) is 0 Å². The number of aliphatic hydroxyl groups is 1. The topological polar surface area (TPSA) is 81.4 Å². The second-order valence-electron chi connectivity index (χ2n) is 6.89. The highest BCUT2D eigenvalue weighted by Gasteiger charge is 2.46. The largest absolute Gasteiger partial charge is 0.507 e. The molecule has 1 amide bonds. The lowest BCUT2D eigenvalue weighted by atomic mass is 9.95. The van der Waals surface area contributed by atoms with Gasteiger partial charge in [-0.25, -0.2) is 8.78 Å². The van der Waals surface area contributed by atoms with E-state index in [0.717, 1.165) is 12.1 Å². The molecule has 1 aliphatic heterocycles. The molecule has 3 aromatic rings. The first-order chi connectivity index (χ1) is 14.9. The van der Waals surface area contributed by atoms with E-state index in [9.17, 15) is 23.5 Å². The smallest absolute Gasteiger partial charge is 0.300 e. The van der Waals surface area contributed by atoms with Gasteiger partial charge in [0.05, 0.1) is 23.2 Å². The fraction of sp³-hybridized carbons (Fsp3) is 0.0417. The Morgan fingerprint density at radius 3 is 1.97 bits per heavy atom. The summed E-state index contributed by atoms with van der Waals surface area (Å²) in [7, 11) is 0. The molecule has 31 heavy (non-hydrogen) atoms. The van der Waals surface area contributed by atoms with E-state index in [2.05, 4.69) is 0 Å². The van der Waals surface area contributed by atoms with Crippen LogP contribution in [-0.2, 0) is 9.59 Å². The summed E-state index contributed by atoms with van der Waals surface area (Å²) in [5.41, 5.74) is 1.05. The second kappa shape index (κ2) is 7.84. The normalized spacial score (nSPS) is 17.6. The van der Waals surface area contributed by atoms with Gasteiger partial charge in [0.15, 0.2) is 0 Å². The molecule has 0 spiro atoms.